The molecule has 1 aromatic carbocycles. The lowest BCUT2D eigenvalue weighted by atomic mass is 10.1. The smallest absolute Gasteiger partial charge is 0.105 e. The summed E-state index contributed by atoms with van der Waals surface area (Å²) in [5.74, 6) is 1.25. The second kappa shape index (κ2) is 5.64. The molecule has 0 N–H and O–H groups in total. The van der Waals surface area contributed by atoms with Crippen LogP contribution >= 0.6 is 0 Å². The highest BCUT2D eigenvalue weighted by molar-refractivity contribution is 5.87. The highest BCUT2D eigenvalue weighted by Crippen LogP contribution is 2.31. The summed E-state index contributed by atoms with van der Waals surface area (Å²) in [6.07, 6.45) is 6.30. The lowest BCUT2D eigenvalue weighted by Gasteiger charge is -2.27. The Morgan fingerprint density at radius 3 is 2.47 bits per heavy atom. The summed E-state index contributed by atoms with van der Waals surface area (Å²) in [5, 5.41) is 0. The normalized spacial score (nSPS) is 22.3. The van der Waals surface area contributed by atoms with Crippen LogP contribution in [-0.4, -0.2) is 37.4 Å². The Bertz CT molecular complexity index is 461. The minimum Gasteiger partial charge on any atom is -0.370 e. The number of benzene rings is 1. The molecule has 0 aromatic heterocycles. The molecule has 102 valence electrons. The van der Waals surface area contributed by atoms with E-state index in [-0.39, 0.29) is 0 Å². The van der Waals surface area contributed by atoms with Gasteiger partial charge in [0, 0.05) is 33.1 Å². The molecule has 1 aromatic rings. The van der Waals surface area contributed by atoms with Crippen LogP contribution < -0.4 is 4.90 Å². The Hall–Kier alpha value is -1.51. The van der Waals surface area contributed by atoms with Gasteiger partial charge in [-0.3, -0.25) is 0 Å². The van der Waals surface area contributed by atoms with Gasteiger partial charge in [0.05, 0.1) is 11.4 Å². The molecule has 19 heavy (non-hydrogen) atoms. The SMILES string of the molecule is CN1CCCCC1=Nc1ccccc1N1CCCC1. The van der Waals surface area contributed by atoms with Crippen molar-refractivity contribution in [3.8, 4) is 0 Å². The predicted molar refractivity (Wildman–Crippen MR) is 81.5 cm³/mol. The van der Waals surface area contributed by atoms with Gasteiger partial charge in [0.2, 0.25) is 0 Å². The number of hydrogen-bond acceptors (Lipinski definition) is 2. The van der Waals surface area contributed by atoms with Crippen LogP contribution in [0.2, 0.25) is 0 Å². The number of hydrogen-bond donors (Lipinski definition) is 0. The first kappa shape index (κ1) is 12.5. The number of nitrogens with zero attached hydrogens (tertiary/aromatic N) is 3. The molecule has 2 saturated heterocycles. The van der Waals surface area contributed by atoms with E-state index in [1.807, 2.05) is 0 Å². The third-order valence-electron chi connectivity index (χ3n) is 4.16. The Morgan fingerprint density at radius 2 is 1.68 bits per heavy atom. The summed E-state index contributed by atoms with van der Waals surface area (Å²) in [6, 6.07) is 8.60. The number of amidine groups is 1. The van der Waals surface area contributed by atoms with Crippen LogP contribution in [0, 0.1) is 0 Å². The average Bonchev–Trinajstić information content (AvgIpc) is 2.96. The largest absolute Gasteiger partial charge is 0.370 e. The molecule has 0 aliphatic carbocycles. The molecule has 0 spiro atoms. The first-order chi connectivity index (χ1) is 9.34. The van der Waals surface area contributed by atoms with Gasteiger partial charge in [0.25, 0.3) is 0 Å². The Balaban J connectivity index is 1.89. The fraction of sp³-hybridized carbons (Fsp3) is 0.562. The molecule has 3 heteroatoms. The zero-order valence-corrected chi connectivity index (χ0v) is 11.8. The van der Waals surface area contributed by atoms with E-state index in [0.717, 1.165) is 18.7 Å². The zero-order valence-electron chi connectivity index (χ0n) is 11.8. The Labute approximate surface area is 115 Å². The van der Waals surface area contributed by atoms with Crippen LogP contribution in [-0.2, 0) is 0 Å². The van der Waals surface area contributed by atoms with Crippen molar-refractivity contribution in [3.05, 3.63) is 24.3 Å². The van der Waals surface area contributed by atoms with Gasteiger partial charge < -0.3 is 9.80 Å². The molecule has 0 bridgehead atoms. The van der Waals surface area contributed by atoms with Crippen molar-refractivity contribution in [2.24, 2.45) is 4.99 Å². The molecule has 3 nitrogen and oxygen atoms in total. The Kier molecular flexibility index (Phi) is 3.72. The minimum absolute atomic E-state index is 1.12. The van der Waals surface area contributed by atoms with Crippen LogP contribution in [0.4, 0.5) is 11.4 Å². The van der Waals surface area contributed by atoms with Crippen molar-refractivity contribution in [2.45, 2.75) is 32.1 Å². The molecule has 0 saturated carbocycles. The Morgan fingerprint density at radius 1 is 0.947 bits per heavy atom. The summed E-state index contributed by atoms with van der Waals surface area (Å²) >= 11 is 0. The van der Waals surface area contributed by atoms with E-state index in [0.29, 0.717) is 0 Å². The van der Waals surface area contributed by atoms with E-state index >= 15 is 0 Å². The van der Waals surface area contributed by atoms with Gasteiger partial charge in [0.1, 0.15) is 5.84 Å². The maximum absolute atomic E-state index is 4.94. The molecule has 2 aliphatic rings. The zero-order chi connectivity index (χ0) is 13.1. The maximum Gasteiger partial charge on any atom is 0.105 e. The van der Waals surface area contributed by atoms with Gasteiger partial charge in [0.15, 0.2) is 0 Å². The van der Waals surface area contributed by atoms with Gasteiger partial charge >= 0.3 is 0 Å². The number of likely N-dealkylation sites (tertiary alicyclic amines) is 1. The van der Waals surface area contributed by atoms with E-state index in [1.54, 1.807) is 0 Å². The molecule has 0 amide bonds. The molecule has 2 fully saturated rings. The number of rotatable bonds is 2. The summed E-state index contributed by atoms with van der Waals surface area (Å²) in [5.41, 5.74) is 2.46. The average molecular weight is 257 g/mol. The van der Waals surface area contributed by atoms with Crippen LogP contribution in [0.5, 0.6) is 0 Å². The standard InChI is InChI=1S/C16H23N3/c1-18-11-5-4-10-16(18)17-14-8-2-3-9-15(14)19-12-6-7-13-19/h2-3,8-9H,4-7,10-13H2,1H3. The lowest BCUT2D eigenvalue weighted by molar-refractivity contribution is 0.434. The summed E-state index contributed by atoms with van der Waals surface area (Å²) in [4.78, 5) is 9.73. The van der Waals surface area contributed by atoms with Gasteiger partial charge in [-0.25, -0.2) is 4.99 Å². The topological polar surface area (TPSA) is 18.8 Å². The molecule has 0 atom stereocenters. The fourth-order valence-electron chi connectivity index (χ4n) is 3.02. The number of para-hydroxylation sites is 2. The summed E-state index contributed by atoms with van der Waals surface area (Å²) in [7, 11) is 2.16. The van der Waals surface area contributed by atoms with Gasteiger partial charge in [-0.1, -0.05) is 12.1 Å². The highest BCUT2D eigenvalue weighted by atomic mass is 15.2. The van der Waals surface area contributed by atoms with E-state index in [9.17, 15) is 0 Å². The van der Waals surface area contributed by atoms with Gasteiger partial charge in [-0.2, -0.15) is 0 Å². The molecular weight excluding hydrogens is 234 g/mol. The van der Waals surface area contributed by atoms with Crippen molar-refractivity contribution in [1.29, 1.82) is 0 Å². The van der Waals surface area contributed by atoms with Crippen molar-refractivity contribution in [3.63, 3.8) is 0 Å². The number of aliphatic imine (C=N–C) groups is 1. The molecule has 2 aliphatic heterocycles. The molecule has 0 unspecified atom stereocenters. The maximum atomic E-state index is 4.94. The number of anilines is 1. The van der Waals surface area contributed by atoms with Crippen molar-refractivity contribution >= 4 is 17.2 Å². The quantitative estimate of drug-likeness (QED) is 0.808. The van der Waals surface area contributed by atoms with E-state index in [1.165, 1.54) is 50.3 Å². The third-order valence-corrected chi connectivity index (χ3v) is 4.16. The van der Waals surface area contributed by atoms with Crippen molar-refractivity contribution in [1.82, 2.24) is 4.90 Å². The molecule has 0 radical (unpaired) electrons. The molecule has 3 rings (SSSR count). The van der Waals surface area contributed by atoms with Crippen LogP contribution in [0.3, 0.4) is 0 Å². The van der Waals surface area contributed by atoms with E-state index in [2.05, 4.69) is 41.1 Å². The van der Waals surface area contributed by atoms with Crippen molar-refractivity contribution in [2.75, 3.05) is 31.6 Å². The summed E-state index contributed by atoms with van der Waals surface area (Å²) < 4.78 is 0. The van der Waals surface area contributed by atoms with Gasteiger partial charge in [-0.05, 0) is 37.8 Å². The lowest BCUT2D eigenvalue weighted by Crippen LogP contribution is -2.31. The van der Waals surface area contributed by atoms with E-state index in [4.69, 9.17) is 4.99 Å². The fourth-order valence-corrected chi connectivity index (χ4v) is 3.02. The molecular formula is C16H23N3. The second-order valence-electron chi connectivity index (χ2n) is 5.59. The first-order valence-electron chi connectivity index (χ1n) is 7.47. The van der Waals surface area contributed by atoms with Crippen LogP contribution in [0.15, 0.2) is 29.3 Å². The first-order valence-corrected chi connectivity index (χ1v) is 7.47. The molecule has 2 heterocycles. The third kappa shape index (κ3) is 2.75. The van der Waals surface area contributed by atoms with Crippen molar-refractivity contribution < 1.29 is 0 Å². The monoisotopic (exact) mass is 257 g/mol. The summed E-state index contributed by atoms with van der Waals surface area (Å²) in [6.45, 7) is 3.50. The number of piperidine rings is 1. The second-order valence-corrected chi connectivity index (χ2v) is 5.59. The minimum atomic E-state index is 1.12. The van der Waals surface area contributed by atoms with E-state index < -0.39 is 0 Å². The van der Waals surface area contributed by atoms with Crippen LogP contribution in [0.25, 0.3) is 0 Å². The highest BCUT2D eigenvalue weighted by Gasteiger charge is 2.17. The van der Waals surface area contributed by atoms with Gasteiger partial charge in [-0.15, -0.1) is 0 Å². The predicted octanol–water partition coefficient (Wildman–Crippen LogP) is 3.43. The van der Waals surface area contributed by atoms with Crippen LogP contribution in [0.1, 0.15) is 32.1 Å².